The number of halogens is 2. The minimum absolute atomic E-state index is 0. The van der Waals surface area contributed by atoms with E-state index in [1.54, 1.807) is 6.07 Å². The summed E-state index contributed by atoms with van der Waals surface area (Å²) in [6.07, 6.45) is 0.903. The molecule has 0 radical (unpaired) electrons. The summed E-state index contributed by atoms with van der Waals surface area (Å²) < 4.78 is 0.719. The van der Waals surface area contributed by atoms with Gasteiger partial charge in [0.05, 0.1) is 6.04 Å². The highest BCUT2D eigenvalue weighted by Gasteiger charge is 2.24. The van der Waals surface area contributed by atoms with Gasteiger partial charge in [-0.2, -0.15) is 0 Å². The number of rotatable bonds is 2. The summed E-state index contributed by atoms with van der Waals surface area (Å²) in [5.41, 5.74) is 0. The molecule has 1 amide bonds. The van der Waals surface area contributed by atoms with Gasteiger partial charge in [0.2, 0.25) is 5.91 Å². The smallest absolute Gasteiger partial charge is 0.242 e. The lowest BCUT2D eigenvalue weighted by atomic mass is 10.1. The van der Waals surface area contributed by atoms with Gasteiger partial charge in [-0.05, 0) is 41.0 Å². The predicted octanol–water partition coefficient (Wildman–Crippen LogP) is 1.57. The standard InChI is InChI=1S/C9H10BrN3O.ClH/c10-7-2-1-3-8(12-7)13-9(14)6-4-5-11-6;/h1-3,6,11H,4-5H2,(H,12,13,14);1H/t6-;/m0./s1. The van der Waals surface area contributed by atoms with Crippen molar-refractivity contribution < 1.29 is 4.79 Å². The second kappa shape index (κ2) is 5.44. The van der Waals surface area contributed by atoms with Crippen molar-refractivity contribution in [2.24, 2.45) is 0 Å². The zero-order chi connectivity index (χ0) is 9.97. The van der Waals surface area contributed by atoms with E-state index in [0.29, 0.717) is 5.82 Å². The Morgan fingerprint density at radius 3 is 2.87 bits per heavy atom. The average molecular weight is 293 g/mol. The van der Waals surface area contributed by atoms with Crippen molar-refractivity contribution in [3.63, 3.8) is 0 Å². The minimum atomic E-state index is -0.0456. The summed E-state index contributed by atoms with van der Waals surface area (Å²) in [5, 5.41) is 5.77. The molecule has 0 saturated carbocycles. The van der Waals surface area contributed by atoms with Gasteiger partial charge in [-0.3, -0.25) is 4.79 Å². The number of aromatic nitrogens is 1. The van der Waals surface area contributed by atoms with Gasteiger partial charge in [-0.15, -0.1) is 12.4 Å². The van der Waals surface area contributed by atoms with Crippen LogP contribution >= 0.6 is 28.3 Å². The van der Waals surface area contributed by atoms with Crippen molar-refractivity contribution in [1.29, 1.82) is 0 Å². The van der Waals surface area contributed by atoms with Crippen LogP contribution < -0.4 is 10.6 Å². The molecular formula is C9H11BrClN3O. The summed E-state index contributed by atoms with van der Waals surface area (Å²) in [5.74, 6) is 0.569. The molecule has 15 heavy (non-hydrogen) atoms. The fourth-order valence-electron chi connectivity index (χ4n) is 1.20. The Hall–Kier alpha value is -0.650. The highest BCUT2D eigenvalue weighted by Crippen LogP contribution is 2.11. The number of amides is 1. The van der Waals surface area contributed by atoms with Crippen molar-refractivity contribution in [3.8, 4) is 0 Å². The van der Waals surface area contributed by atoms with Crippen LogP contribution in [0.2, 0.25) is 0 Å². The molecule has 1 aromatic heterocycles. The Labute approximate surface area is 102 Å². The van der Waals surface area contributed by atoms with Crippen LogP contribution in [-0.2, 0) is 4.79 Å². The maximum atomic E-state index is 11.5. The summed E-state index contributed by atoms with van der Waals surface area (Å²) in [6, 6.07) is 5.37. The molecule has 1 aromatic rings. The Balaban J connectivity index is 0.00000112. The molecule has 0 unspecified atom stereocenters. The monoisotopic (exact) mass is 291 g/mol. The summed E-state index contributed by atoms with van der Waals surface area (Å²) in [6.45, 7) is 0.921. The van der Waals surface area contributed by atoms with Gasteiger partial charge in [0, 0.05) is 0 Å². The number of carbonyl (C=O) groups excluding carboxylic acids is 1. The Morgan fingerprint density at radius 2 is 2.33 bits per heavy atom. The van der Waals surface area contributed by atoms with Gasteiger partial charge in [0.1, 0.15) is 10.4 Å². The van der Waals surface area contributed by atoms with E-state index in [2.05, 4.69) is 31.5 Å². The van der Waals surface area contributed by atoms with Gasteiger partial charge >= 0.3 is 0 Å². The zero-order valence-electron chi connectivity index (χ0n) is 7.87. The third kappa shape index (κ3) is 3.15. The molecule has 1 aliphatic rings. The normalized spacial score (nSPS) is 18.6. The van der Waals surface area contributed by atoms with Gasteiger partial charge in [0.15, 0.2) is 0 Å². The predicted molar refractivity (Wildman–Crippen MR) is 64.2 cm³/mol. The lowest BCUT2D eigenvalue weighted by Crippen LogP contribution is -2.50. The van der Waals surface area contributed by atoms with Crippen LogP contribution in [0.4, 0.5) is 5.82 Å². The number of hydrogen-bond donors (Lipinski definition) is 2. The molecule has 1 aliphatic heterocycles. The molecule has 2 rings (SSSR count). The summed E-state index contributed by atoms with van der Waals surface area (Å²) in [4.78, 5) is 15.6. The topological polar surface area (TPSA) is 54.0 Å². The molecule has 0 aromatic carbocycles. The van der Waals surface area contributed by atoms with E-state index < -0.39 is 0 Å². The number of nitrogens with one attached hydrogen (secondary N) is 2. The van der Waals surface area contributed by atoms with Crippen molar-refractivity contribution in [2.45, 2.75) is 12.5 Å². The number of pyridine rings is 1. The Bertz CT molecular complexity index is 357. The third-order valence-corrected chi connectivity index (χ3v) is 2.55. The van der Waals surface area contributed by atoms with Crippen molar-refractivity contribution in [1.82, 2.24) is 10.3 Å². The van der Waals surface area contributed by atoms with E-state index >= 15 is 0 Å². The molecule has 0 aliphatic carbocycles. The van der Waals surface area contributed by atoms with E-state index in [1.807, 2.05) is 12.1 Å². The van der Waals surface area contributed by atoms with Crippen LogP contribution in [0, 0.1) is 0 Å². The fraction of sp³-hybridized carbons (Fsp3) is 0.333. The van der Waals surface area contributed by atoms with Crippen molar-refractivity contribution in [2.75, 3.05) is 11.9 Å². The lowest BCUT2D eigenvalue weighted by molar-refractivity contribution is -0.119. The van der Waals surface area contributed by atoms with Crippen LogP contribution in [0.1, 0.15) is 6.42 Å². The van der Waals surface area contributed by atoms with Crippen LogP contribution in [0.5, 0.6) is 0 Å². The lowest BCUT2D eigenvalue weighted by Gasteiger charge is -2.25. The molecule has 1 atom stereocenters. The largest absolute Gasteiger partial charge is 0.309 e. The molecule has 1 saturated heterocycles. The molecule has 4 nitrogen and oxygen atoms in total. The number of nitrogens with zero attached hydrogens (tertiary/aromatic N) is 1. The second-order valence-electron chi connectivity index (χ2n) is 3.13. The van der Waals surface area contributed by atoms with Crippen LogP contribution in [-0.4, -0.2) is 23.5 Å². The minimum Gasteiger partial charge on any atom is -0.309 e. The first-order chi connectivity index (χ1) is 6.75. The highest BCUT2D eigenvalue weighted by atomic mass is 79.9. The Kier molecular flexibility index (Phi) is 4.50. The van der Waals surface area contributed by atoms with E-state index in [1.165, 1.54) is 0 Å². The molecular weight excluding hydrogens is 281 g/mol. The first-order valence-corrected chi connectivity index (χ1v) is 5.22. The van der Waals surface area contributed by atoms with Crippen molar-refractivity contribution in [3.05, 3.63) is 22.8 Å². The van der Waals surface area contributed by atoms with Crippen LogP contribution in [0.3, 0.4) is 0 Å². The number of carbonyl (C=O) groups is 1. The maximum absolute atomic E-state index is 11.5. The zero-order valence-corrected chi connectivity index (χ0v) is 10.3. The molecule has 2 heterocycles. The average Bonchev–Trinajstić information content (AvgIpc) is 1.99. The first kappa shape index (κ1) is 12.4. The van der Waals surface area contributed by atoms with Crippen molar-refractivity contribution >= 4 is 40.1 Å². The van der Waals surface area contributed by atoms with E-state index in [4.69, 9.17) is 0 Å². The summed E-state index contributed by atoms with van der Waals surface area (Å²) in [7, 11) is 0. The maximum Gasteiger partial charge on any atom is 0.242 e. The van der Waals surface area contributed by atoms with Crippen LogP contribution in [0.25, 0.3) is 0 Å². The molecule has 82 valence electrons. The second-order valence-corrected chi connectivity index (χ2v) is 3.94. The van der Waals surface area contributed by atoms with E-state index in [0.717, 1.165) is 17.6 Å². The molecule has 6 heteroatoms. The first-order valence-electron chi connectivity index (χ1n) is 4.42. The van der Waals surface area contributed by atoms with Gasteiger partial charge in [-0.25, -0.2) is 4.98 Å². The van der Waals surface area contributed by atoms with E-state index in [9.17, 15) is 4.79 Å². The van der Waals surface area contributed by atoms with Crippen LogP contribution in [0.15, 0.2) is 22.8 Å². The Morgan fingerprint density at radius 1 is 1.60 bits per heavy atom. The third-order valence-electron chi connectivity index (χ3n) is 2.11. The molecule has 0 spiro atoms. The van der Waals surface area contributed by atoms with E-state index in [-0.39, 0.29) is 24.4 Å². The highest BCUT2D eigenvalue weighted by molar-refractivity contribution is 9.10. The van der Waals surface area contributed by atoms with Gasteiger partial charge in [0.25, 0.3) is 0 Å². The summed E-state index contributed by atoms with van der Waals surface area (Å²) >= 11 is 3.24. The van der Waals surface area contributed by atoms with Gasteiger partial charge < -0.3 is 10.6 Å². The quantitative estimate of drug-likeness (QED) is 0.814. The fourth-order valence-corrected chi connectivity index (χ4v) is 1.55. The molecule has 1 fully saturated rings. The molecule has 0 bridgehead atoms. The SMILES string of the molecule is Cl.O=C(Nc1cccc(Br)n1)[C@@H]1CCN1. The number of anilines is 1. The van der Waals surface area contributed by atoms with Gasteiger partial charge in [-0.1, -0.05) is 6.07 Å². The molecule has 2 N–H and O–H groups in total. The number of hydrogen-bond acceptors (Lipinski definition) is 3.